The van der Waals surface area contributed by atoms with E-state index >= 15 is 0 Å². The fourth-order valence-electron chi connectivity index (χ4n) is 2.64. The number of carbonyl (C=O) groups is 1. The summed E-state index contributed by atoms with van der Waals surface area (Å²) in [5.74, 6) is 1.16. The summed E-state index contributed by atoms with van der Waals surface area (Å²) in [7, 11) is 0. The van der Waals surface area contributed by atoms with Gasteiger partial charge in [0.2, 0.25) is 0 Å². The van der Waals surface area contributed by atoms with E-state index in [0.29, 0.717) is 44.5 Å². The largest absolute Gasteiger partial charge is 0.486 e. The number of H-pyrrole nitrogens is 1. The van der Waals surface area contributed by atoms with E-state index in [2.05, 4.69) is 4.98 Å². The number of carbonyl (C=O) groups excluding carboxylic acids is 1. The number of hydrogen-bond donors (Lipinski definition) is 1. The maximum absolute atomic E-state index is 12.3. The minimum atomic E-state index is -0.245. The van der Waals surface area contributed by atoms with Crippen molar-refractivity contribution in [1.29, 1.82) is 0 Å². The fraction of sp³-hybridized carbons (Fsp3) is 0.100. The summed E-state index contributed by atoms with van der Waals surface area (Å²) in [5, 5.41) is 0.562. The molecule has 5 nitrogen and oxygen atoms in total. The third-order valence-corrected chi connectivity index (χ3v) is 5.15. The molecule has 2 aromatic carbocycles. The van der Waals surface area contributed by atoms with E-state index in [-0.39, 0.29) is 11.3 Å². The Morgan fingerprint density at radius 3 is 2.59 bits per heavy atom. The number of aromatic amines is 1. The summed E-state index contributed by atoms with van der Waals surface area (Å²) in [4.78, 5) is 27.2. The molecule has 1 aliphatic heterocycles. The molecule has 0 amide bonds. The predicted molar refractivity (Wildman–Crippen MR) is 105 cm³/mol. The van der Waals surface area contributed by atoms with Gasteiger partial charge in [-0.2, -0.15) is 0 Å². The van der Waals surface area contributed by atoms with Crippen molar-refractivity contribution >= 4 is 40.9 Å². The Morgan fingerprint density at radius 1 is 1.07 bits per heavy atom. The van der Waals surface area contributed by atoms with Crippen molar-refractivity contribution in [3.63, 3.8) is 0 Å². The first-order valence-electron chi connectivity index (χ1n) is 8.21. The molecule has 0 radical (unpaired) electrons. The van der Waals surface area contributed by atoms with Gasteiger partial charge >= 0.3 is 0 Å². The van der Waals surface area contributed by atoms with Gasteiger partial charge in [0.25, 0.3) is 5.56 Å². The fourth-order valence-corrected chi connectivity index (χ4v) is 3.65. The SMILES string of the molecule is O=C(/C=c1\[nH]c(=O)/c(=C\c2ccc3c(c2)OCCO3)s1)c1ccc(Cl)cc1. The van der Waals surface area contributed by atoms with Crippen LogP contribution in [0.2, 0.25) is 5.02 Å². The van der Waals surface area contributed by atoms with Crippen LogP contribution in [0.5, 0.6) is 11.5 Å². The highest BCUT2D eigenvalue weighted by Gasteiger charge is 2.11. The molecule has 0 fully saturated rings. The number of Topliss-reactive ketones (excluding diaryl/α,β-unsaturated/α-hetero) is 1. The van der Waals surface area contributed by atoms with E-state index in [1.54, 1.807) is 30.3 Å². The van der Waals surface area contributed by atoms with Crippen LogP contribution in [0.3, 0.4) is 0 Å². The highest BCUT2D eigenvalue weighted by Crippen LogP contribution is 2.30. The molecule has 0 spiro atoms. The molecule has 4 rings (SSSR count). The molecular formula is C20H14ClNO4S. The third-order valence-electron chi connectivity index (χ3n) is 3.94. The zero-order chi connectivity index (χ0) is 18.8. The van der Waals surface area contributed by atoms with Crippen LogP contribution in [0.4, 0.5) is 0 Å². The number of ether oxygens (including phenoxy) is 2. The van der Waals surface area contributed by atoms with Crippen LogP contribution in [-0.4, -0.2) is 24.0 Å². The topological polar surface area (TPSA) is 68.4 Å². The van der Waals surface area contributed by atoms with Gasteiger partial charge in [-0.25, -0.2) is 0 Å². The molecule has 2 heterocycles. The monoisotopic (exact) mass is 399 g/mol. The lowest BCUT2D eigenvalue weighted by atomic mass is 10.1. The second-order valence-electron chi connectivity index (χ2n) is 5.85. The number of benzene rings is 2. The molecule has 0 aliphatic carbocycles. The summed E-state index contributed by atoms with van der Waals surface area (Å²) >= 11 is 7.05. The molecular weight excluding hydrogens is 386 g/mol. The number of fused-ring (bicyclic) bond motifs is 1. The number of ketones is 1. The average Bonchev–Trinajstić information content (AvgIpc) is 3.01. The Balaban J connectivity index is 1.67. The van der Waals surface area contributed by atoms with Crippen LogP contribution in [0.25, 0.3) is 12.2 Å². The molecule has 0 bridgehead atoms. The van der Waals surface area contributed by atoms with Crippen LogP contribution in [-0.2, 0) is 0 Å². The van der Waals surface area contributed by atoms with Crippen molar-refractivity contribution in [1.82, 2.24) is 4.98 Å². The lowest BCUT2D eigenvalue weighted by molar-refractivity contribution is 0.106. The maximum atomic E-state index is 12.3. The zero-order valence-electron chi connectivity index (χ0n) is 14.0. The molecule has 0 unspecified atom stereocenters. The first kappa shape index (κ1) is 17.6. The number of thiazole rings is 1. The van der Waals surface area contributed by atoms with Crippen LogP contribution >= 0.6 is 22.9 Å². The molecule has 0 saturated heterocycles. The molecule has 0 saturated carbocycles. The number of halogens is 1. The van der Waals surface area contributed by atoms with Crippen molar-refractivity contribution < 1.29 is 14.3 Å². The summed E-state index contributed by atoms with van der Waals surface area (Å²) < 4.78 is 12.0. The van der Waals surface area contributed by atoms with E-state index in [0.717, 1.165) is 5.56 Å². The minimum Gasteiger partial charge on any atom is -0.486 e. The van der Waals surface area contributed by atoms with Gasteiger partial charge < -0.3 is 14.5 Å². The highest BCUT2D eigenvalue weighted by atomic mass is 35.5. The van der Waals surface area contributed by atoms with Gasteiger partial charge in [-0.1, -0.05) is 17.7 Å². The third kappa shape index (κ3) is 3.97. The van der Waals surface area contributed by atoms with Gasteiger partial charge in [-0.3, -0.25) is 9.59 Å². The number of rotatable bonds is 3. The standard InChI is InChI=1S/C20H14ClNO4S/c21-14-4-2-13(3-5-14)15(23)11-19-22-20(24)18(27-19)10-12-1-6-16-17(9-12)26-8-7-25-16/h1-6,9-11H,7-8H2,(H,22,24)/b18-10+,19-11+. The van der Waals surface area contributed by atoms with Gasteiger partial charge in [-0.05, 0) is 48.0 Å². The molecule has 1 aromatic heterocycles. The molecule has 1 aliphatic rings. The predicted octanol–water partition coefficient (Wildman–Crippen LogP) is 2.35. The molecule has 1 N–H and O–H groups in total. The number of hydrogen-bond acceptors (Lipinski definition) is 5. The number of aromatic nitrogens is 1. The van der Waals surface area contributed by atoms with Crippen molar-refractivity contribution in [2.45, 2.75) is 0 Å². The molecule has 27 heavy (non-hydrogen) atoms. The molecule has 0 atom stereocenters. The Morgan fingerprint density at radius 2 is 1.81 bits per heavy atom. The van der Waals surface area contributed by atoms with Gasteiger partial charge in [0, 0.05) is 16.7 Å². The van der Waals surface area contributed by atoms with E-state index in [1.807, 2.05) is 18.2 Å². The van der Waals surface area contributed by atoms with E-state index in [9.17, 15) is 9.59 Å². The van der Waals surface area contributed by atoms with Crippen LogP contribution in [0.15, 0.2) is 47.3 Å². The summed E-state index contributed by atoms with van der Waals surface area (Å²) in [5.41, 5.74) is 1.08. The lowest BCUT2D eigenvalue weighted by Gasteiger charge is -2.18. The van der Waals surface area contributed by atoms with Crippen LogP contribution in [0.1, 0.15) is 15.9 Å². The lowest BCUT2D eigenvalue weighted by Crippen LogP contribution is -2.20. The molecule has 136 valence electrons. The maximum Gasteiger partial charge on any atom is 0.266 e. The Hall–Kier alpha value is -2.83. The van der Waals surface area contributed by atoms with Crippen LogP contribution < -0.4 is 24.2 Å². The summed E-state index contributed by atoms with van der Waals surface area (Å²) in [6.45, 7) is 1.03. The molecule has 7 heteroatoms. The average molecular weight is 400 g/mol. The smallest absolute Gasteiger partial charge is 0.266 e. The second-order valence-corrected chi connectivity index (χ2v) is 7.37. The van der Waals surface area contributed by atoms with Crippen LogP contribution in [0, 0.1) is 0 Å². The van der Waals surface area contributed by atoms with Crippen molar-refractivity contribution in [3.8, 4) is 11.5 Å². The Kier molecular flexibility index (Phi) is 4.83. The van der Waals surface area contributed by atoms with Crippen molar-refractivity contribution in [2.75, 3.05) is 13.2 Å². The Labute approximate surface area is 163 Å². The minimum absolute atomic E-state index is 0.199. The highest BCUT2D eigenvalue weighted by molar-refractivity contribution is 7.07. The first-order chi connectivity index (χ1) is 13.1. The van der Waals surface area contributed by atoms with Gasteiger partial charge in [0.05, 0.1) is 9.20 Å². The van der Waals surface area contributed by atoms with Gasteiger partial charge in [0.1, 0.15) is 13.2 Å². The van der Waals surface area contributed by atoms with E-state index in [1.165, 1.54) is 17.4 Å². The van der Waals surface area contributed by atoms with Crippen molar-refractivity contribution in [3.05, 3.63) is 78.2 Å². The quantitative estimate of drug-likeness (QED) is 0.686. The van der Waals surface area contributed by atoms with E-state index < -0.39 is 0 Å². The van der Waals surface area contributed by atoms with Gasteiger partial charge in [-0.15, -0.1) is 11.3 Å². The Bertz CT molecular complexity index is 1180. The second kappa shape index (κ2) is 7.42. The van der Waals surface area contributed by atoms with E-state index in [4.69, 9.17) is 21.1 Å². The summed E-state index contributed by atoms with van der Waals surface area (Å²) in [6.07, 6.45) is 3.17. The number of nitrogens with one attached hydrogen (secondary N) is 1. The zero-order valence-corrected chi connectivity index (χ0v) is 15.6. The van der Waals surface area contributed by atoms with Crippen molar-refractivity contribution in [2.24, 2.45) is 0 Å². The normalized spacial score (nSPS) is 14.4. The first-order valence-corrected chi connectivity index (χ1v) is 9.40. The van der Waals surface area contributed by atoms with Gasteiger partial charge in [0.15, 0.2) is 17.3 Å². The molecule has 3 aromatic rings. The summed E-state index contributed by atoms with van der Waals surface area (Å²) in [6, 6.07) is 12.1.